The molecule has 0 saturated heterocycles. The largest absolute Gasteiger partial charge is 0.486 e. The highest BCUT2D eigenvalue weighted by Crippen LogP contribution is 2.44. The zero-order chi connectivity index (χ0) is 13.6. The first-order valence-electron chi connectivity index (χ1n) is 5.96. The van der Waals surface area contributed by atoms with Crippen LogP contribution < -0.4 is 15.2 Å². The molecule has 19 heavy (non-hydrogen) atoms. The number of halogens is 1. The molecule has 1 aliphatic rings. The van der Waals surface area contributed by atoms with Gasteiger partial charge in [-0.05, 0) is 28.9 Å². The predicted molar refractivity (Wildman–Crippen MR) is 76.5 cm³/mol. The fourth-order valence-electron chi connectivity index (χ4n) is 2.18. The Labute approximate surface area is 119 Å². The highest BCUT2D eigenvalue weighted by atomic mass is 79.9. The average Bonchev–Trinajstić information content (AvgIpc) is 2.75. The van der Waals surface area contributed by atoms with Crippen molar-refractivity contribution in [1.82, 2.24) is 9.78 Å². The van der Waals surface area contributed by atoms with Gasteiger partial charge in [0.1, 0.15) is 19.0 Å². The van der Waals surface area contributed by atoms with E-state index in [-0.39, 0.29) is 0 Å². The second-order valence-electron chi connectivity index (χ2n) is 4.45. The Morgan fingerprint density at radius 1 is 1.32 bits per heavy atom. The van der Waals surface area contributed by atoms with E-state index in [1.165, 1.54) is 0 Å². The van der Waals surface area contributed by atoms with Crippen molar-refractivity contribution >= 4 is 21.7 Å². The maximum absolute atomic E-state index is 6.04. The number of benzene rings is 1. The topological polar surface area (TPSA) is 62.3 Å². The Bertz CT molecular complexity index is 652. The smallest absolute Gasteiger partial charge is 0.165 e. The molecule has 0 unspecified atom stereocenters. The second kappa shape index (κ2) is 4.45. The molecule has 0 aliphatic carbocycles. The first kappa shape index (κ1) is 12.3. The van der Waals surface area contributed by atoms with Crippen LogP contribution in [-0.2, 0) is 7.05 Å². The lowest BCUT2D eigenvalue weighted by Gasteiger charge is -2.22. The van der Waals surface area contributed by atoms with Crippen molar-refractivity contribution in [2.24, 2.45) is 7.05 Å². The first-order chi connectivity index (χ1) is 9.09. The summed E-state index contributed by atoms with van der Waals surface area (Å²) in [5, 5.41) is 4.17. The summed E-state index contributed by atoms with van der Waals surface area (Å²) in [6.07, 6.45) is 1.75. The second-order valence-corrected chi connectivity index (χ2v) is 5.25. The maximum Gasteiger partial charge on any atom is 0.165 e. The summed E-state index contributed by atoms with van der Waals surface area (Å²) in [4.78, 5) is 0. The van der Waals surface area contributed by atoms with E-state index in [0.29, 0.717) is 19.0 Å². The van der Waals surface area contributed by atoms with Crippen LogP contribution in [0.3, 0.4) is 0 Å². The molecule has 2 heterocycles. The number of ether oxygens (including phenoxy) is 2. The minimum atomic E-state index is 0.566. The summed E-state index contributed by atoms with van der Waals surface area (Å²) in [7, 11) is 1.82. The molecule has 1 aromatic heterocycles. The molecule has 1 aromatic carbocycles. The molecular formula is C13H14BrN3O2. The standard InChI is InChI=1S/C13H14BrN3O2/c1-7-11(14)8(9-6-16-17(2)13(9)15)5-10-12(7)19-4-3-18-10/h5-6H,3-4,15H2,1-2H3. The van der Waals surface area contributed by atoms with Gasteiger partial charge in [0.15, 0.2) is 11.5 Å². The maximum atomic E-state index is 6.04. The summed E-state index contributed by atoms with van der Waals surface area (Å²) < 4.78 is 13.9. The van der Waals surface area contributed by atoms with Crippen molar-refractivity contribution in [3.05, 3.63) is 22.3 Å². The Kier molecular flexibility index (Phi) is 2.89. The monoisotopic (exact) mass is 323 g/mol. The molecule has 0 saturated carbocycles. The zero-order valence-electron chi connectivity index (χ0n) is 10.7. The average molecular weight is 324 g/mol. The number of rotatable bonds is 1. The molecule has 5 nitrogen and oxygen atoms in total. The van der Waals surface area contributed by atoms with Gasteiger partial charge in [-0.1, -0.05) is 0 Å². The molecule has 2 aromatic rings. The van der Waals surface area contributed by atoms with Crippen LogP contribution >= 0.6 is 15.9 Å². The third kappa shape index (κ3) is 1.87. The van der Waals surface area contributed by atoms with Gasteiger partial charge in [-0.3, -0.25) is 4.68 Å². The summed E-state index contributed by atoms with van der Waals surface area (Å²) in [6, 6.07) is 1.94. The SMILES string of the molecule is Cc1c(Br)c(-c2cnn(C)c2N)cc2c1OCCO2. The number of hydrogen-bond donors (Lipinski definition) is 1. The van der Waals surface area contributed by atoms with E-state index in [1.807, 2.05) is 20.0 Å². The van der Waals surface area contributed by atoms with Crippen molar-refractivity contribution in [2.75, 3.05) is 18.9 Å². The van der Waals surface area contributed by atoms with Crippen molar-refractivity contribution in [1.29, 1.82) is 0 Å². The normalized spacial score (nSPS) is 13.6. The summed E-state index contributed by atoms with van der Waals surface area (Å²) in [5.74, 6) is 2.17. The molecule has 6 heteroatoms. The van der Waals surface area contributed by atoms with E-state index in [4.69, 9.17) is 15.2 Å². The van der Waals surface area contributed by atoms with Gasteiger partial charge in [0.2, 0.25) is 0 Å². The number of anilines is 1. The molecule has 100 valence electrons. The Hall–Kier alpha value is -1.69. The molecule has 0 fully saturated rings. The Balaban J connectivity index is 2.22. The quantitative estimate of drug-likeness (QED) is 0.875. The molecule has 0 radical (unpaired) electrons. The highest BCUT2D eigenvalue weighted by molar-refractivity contribution is 9.10. The lowest BCUT2D eigenvalue weighted by Crippen LogP contribution is -2.16. The van der Waals surface area contributed by atoms with Gasteiger partial charge in [0.25, 0.3) is 0 Å². The summed E-state index contributed by atoms with van der Waals surface area (Å²) in [6.45, 7) is 3.14. The van der Waals surface area contributed by atoms with Crippen LogP contribution in [0.2, 0.25) is 0 Å². The number of nitrogens with zero attached hydrogens (tertiary/aromatic N) is 2. The fraction of sp³-hybridized carbons (Fsp3) is 0.308. The molecule has 0 spiro atoms. The van der Waals surface area contributed by atoms with Crippen molar-refractivity contribution in [3.63, 3.8) is 0 Å². The van der Waals surface area contributed by atoms with E-state index in [1.54, 1.807) is 10.9 Å². The highest BCUT2D eigenvalue weighted by Gasteiger charge is 2.21. The molecule has 0 atom stereocenters. The van der Waals surface area contributed by atoms with Crippen LogP contribution in [0.25, 0.3) is 11.1 Å². The molecule has 0 amide bonds. The van der Waals surface area contributed by atoms with E-state index in [9.17, 15) is 0 Å². The van der Waals surface area contributed by atoms with Crippen molar-refractivity contribution in [3.8, 4) is 22.6 Å². The Morgan fingerprint density at radius 3 is 2.74 bits per heavy atom. The van der Waals surface area contributed by atoms with E-state index >= 15 is 0 Å². The van der Waals surface area contributed by atoms with Gasteiger partial charge < -0.3 is 15.2 Å². The van der Waals surface area contributed by atoms with Gasteiger partial charge in [-0.15, -0.1) is 0 Å². The molecule has 1 aliphatic heterocycles. The molecular weight excluding hydrogens is 310 g/mol. The molecule has 2 N–H and O–H groups in total. The number of fused-ring (bicyclic) bond motifs is 1. The van der Waals surface area contributed by atoms with Crippen molar-refractivity contribution in [2.45, 2.75) is 6.92 Å². The first-order valence-corrected chi connectivity index (χ1v) is 6.75. The van der Waals surface area contributed by atoms with Gasteiger partial charge in [0, 0.05) is 28.2 Å². The van der Waals surface area contributed by atoms with Crippen LogP contribution in [-0.4, -0.2) is 23.0 Å². The van der Waals surface area contributed by atoms with Crippen LogP contribution in [0.4, 0.5) is 5.82 Å². The minimum absolute atomic E-state index is 0.566. The summed E-state index contributed by atoms with van der Waals surface area (Å²) >= 11 is 3.61. The van der Waals surface area contributed by atoms with Crippen LogP contribution in [0.5, 0.6) is 11.5 Å². The number of aromatic nitrogens is 2. The number of hydrogen-bond acceptors (Lipinski definition) is 4. The van der Waals surface area contributed by atoms with Gasteiger partial charge in [0.05, 0.1) is 6.20 Å². The zero-order valence-corrected chi connectivity index (χ0v) is 12.3. The van der Waals surface area contributed by atoms with E-state index in [0.717, 1.165) is 32.7 Å². The summed E-state index contributed by atoms with van der Waals surface area (Å²) in [5.41, 5.74) is 8.90. The van der Waals surface area contributed by atoms with E-state index in [2.05, 4.69) is 21.0 Å². The number of nitrogens with two attached hydrogens (primary N) is 1. The number of nitrogen functional groups attached to an aromatic ring is 1. The van der Waals surface area contributed by atoms with Gasteiger partial charge >= 0.3 is 0 Å². The van der Waals surface area contributed by atoms with Crippen LogP contribution in [0.1, 0.15) is 5.56 Å². The lowest BCUT2D eigenvalue weighted by molar-refractivity contribution is 0.170. The van der Waals surface area contributed by atoms with E-state index < -0.39 is 0 Å². The fourth-order valence-corrected chi connectivity index (χ4v) is 2.69. The molecule has 0 bridgehead atoms. The van der Waals surface area contributed by atoms with Crippen LogP contribution in [0.15, 0.2) is 16.7 Å². The minimum Gasteiger partial charge on any atom is -0.486 e. The van der Waals surface area contributed by atoms with Crippen molar-refractivity contribution < 1.29 is 9.47 Å². The number of aryl methyl sites for hydroxylation is 1. The van der Waals surface area contributed by atoms with Crippen LogP contribution in [0, 0.1) is 6.92 Å². The van der Waals surface area contributed by atoms with Gasteiger partial charge in [-0.25, -0.2) is 0 Å². The third-order valence-corrected chi connectivity index (χ3v) is 4.29. The Morgan fingerprint density at radius 2 is 2.05 bits per heavy atom. The lowest BCUT2D eigenvalue weighted by atomic mass is 10.0. The molecule has 3 rings (SSSR count). The third-order valence-electron chi connectivity index (χ3n) is 3.27. The van der Waals surface area contributed by atoms with Gasteiger partial charge in [-0.2, -0.15) is 5.10 Å². The predicted octanol–water partition coefficient (Wildman–Crippen LogP) is 2.51.